The first-order chi connectivity index (χ1) is 9.04. The maximum Gasteiger partial charge on any atom is 0.326 e. The number of likely N-dealkylation sites (tertiary alicyclic amines) is 1. The molecule has 2 bridgehead atoms. The standard InChI is InChI=1S/C14H21NO4/c16-11-6-12(14(18)19)15(7-11)13(17)5-10-4-8-1-2-9(10)3-8/h8-12,16H,1-7H2,(H,18,19). The van der Waals surface area contributed by atoms with Gasteiger partial charge in [0.1, 0.15) is 6.04 Å². The van der Waals surface area contributed by atoms with E-state index in [9.17, 15) is 14.7 Å². The minimum atomic E-state index is -1.00. The summed E-state index contributed by atoms with van der Waals surface area (Å²) in [5.74, 6) is 0.824. The molecule has 0 aromatic heterocycles. The lowest BCUT2D eigenvalue weighted by Crippen LogP contribution is -2.41. The number of aliphatic hydroxyl groups is 1. The van der Waals surface area contributed by atoms with E-state index in [2.05, 4.69) is 0 Å². The Balaban J connectivity index is 1.62. The molecule has 3 rings (SSSR count). The molecule has 0 spiro atoms. The Morgan fingerprint density at radius 3 is 2.53 bits per heavy atom. The predicted molar refractivity (Wildman–Crippen MR) is 67.3 cm³/mol. The SMILES string of the molecule is O=C(O)C1CC(O)CN1C(=O)CC1CC2CCC1C2. The van der Waals surface area contributed by atoms with Crippen molar-refractivity contribution >= 4 is 11.9 Å². The number of amides is 1. The summed E-state index contributed by atoms with van der Waals surface area (Å²) in [4.78, 5) is 24.8. The lowest BCUT2D eigenvalue weighted by Gasteiger charge is -2.26. The van der Waals surface area contributed by atoms with Crippen LogP contribution in [0.2, 0.25) is 0 Å². The monoisotopic (exact) mass is 267 g/mol. The zero-order valence-electron chi connectivity index (χ0n) is 11.0. The van der Waals surface area contributed by atoms with Crippen LogP contribution in [0, 0.1) is 17.8 Å². The number of carbonyl (C=O) groups is 2. The van der Waals surface area contributed by atoms with Gasteiger partial charge >= 0.3 is 5.97 Å². The number of hydrogen-bond acceptors (Lipinski definition) is 3. The molecule has 2 saturated carbocycles. The summed E-state index contributed by atoms with van der Waals surface area (Å²) in [5, 5.41) is 18.7. The third-order valence-electron chi connectivity index (χ3n) is 5.21. The van der Waals surface area contributed by atoms with Gasteiger partial charge in [-0.25, -0.2) is 4.79 Å². The number of rotatable bonds is 3. The van der Waals surface area contributed by atoms with Crippen LogP contribution in [-0.4, -0.2) is 45.7 Å². The Morgan fingerprint density at radius 1 is 1.16 bits per heavy atom. The Labute approximate surface area is 112 Å². The second-order valence-electron chi connectivity index (χ2n) is 6.43. The summed E-state index contributed by atoms with van der Waals surface area (Å²) in [5.41, 5.74) is 0. The highest BCUT2D eigenvalue weighted by atomic mass is 16.4. The van der Waals surface area contributed by atoms with E-state index in [4.69, 9.17) is 5.11 Å². The van der Waals surface area contributed by atoms with Crippen LogP contribution in [0.3, 0.4) is 0 Å². The minimum absolute atomic E-state index is 0.0819. The largest absolute Gasteiger partial charge is 0.480 e. The molecule has 5 atom stereocenters. The van der Waals surface area contributed by atoms with Crippen LogP contribution in [0.25, 0.3) is 0 Å². The van der Waals surface area contributed by atoms with E-state index in [1.54, 1.807) is 0 Å². The molecule has 0 aromatic rings. The summed E-state index contributed by atoms with van der Waals surface area (Å²) >= 11 is 0. The van der Waals surface area contributed by atoms with Gasteiger partial charge in [0, 0.05) is 19.4 Å². The number of carboxylic acid groups (broad SMARTS) is 1. The first kappa shape index (κ1) is 12.9. The van der Waals surface area contributed by atoms with Gasteiger partial charge in [-0.05, 0) is 37.0 Å². The van der Waals surface area contributed by atoms with Gasteiger partial charge in [0.25, 0.3) is 0 Å². The van der Waals surface area contributed by atoms with Crippen LogP contribution in [0.15, 0.2) is 0 Å². The zero-order valence-corrected chi connectivity index (χ0v) is 11.0. The number of fused-ring (bicyclic) bond motifs is 2. The van der Waals surface area contributed by atoms with E-state index in [0.717, 1.165) is 12.3 Å². The Hall–Kier alpha value is -1.10. The molecule has 1 heterocycles. The molecule has 2 N–H and O–H groups in total. The first-order valence-electron chi connectivity index (χ1n) is 7.25. The van der Waals surface area contributed by atoms with E-state index >= 15 is 0 Å². The van der Waals surface area contributed by atoms with Gasteiger partial charge < -0.3 is 15.1 Å². The Kier molecular flexibility index (Phi) is 3.25. The van der Waals surface area contributed by atoms with Gasteiger partial charge in [0.2, 0.25) is 5.91 Å². The highest BCUT2D eigenvalue weighted by molar-refractivity contribution is 5.84. The van der Waals surface area contributed by atoms with Crippen LogP contribution in [0.4, 0.5) is 0 Å². The summed E-state index contributed by atoms with van der Waals surface area (Å²) < 4.78 is 0. The quantitative estimate of drug-likeness (QED) is 0.795. The maximum atomic E-state index is 12.3. The first-order valence-corrected chi connectivity index (χ1v) is 7.25. The van der Waals surface area contributed by atoms with Crippen molar-refractivity contribution < 1.29 is 19.8 Å². The third-order valence-corrected chi connectivity index (χ3v) is 5.21. The Morgan fingerprint density at radius 2 is 1.95 bits per heavy atom. The van der Waals surface area contributed by atoms with Crippen molar-refractivity contribution in [1.82, 2.24) is 4.90 Å². The minimum Gasteiger partial charge on any atom is -0.480 e. The van der Waals surface area contributed by atoms with Gasteiger partial charge in [0.15, 0.2) is 0 Å². The molecule has 19 heavy (non-hydrogen) atoms. The van der Waals surface area contributed by atoms with Crippen molar-refractivity contribution in [2.75, 3.05) is 6.54 Å². The number of aliphatic carboxylic acids is 1. The molecule has 5 nitrogen and oxygen atoms in total. The summed E-state index contributed by atoms with van der Waals surface area (Å²) in [6, 6.07) is -0.832. The fourth-order valence-electron chi connectivity index (χ4n) is 4.29. The fraction of sp³-hybridized carbons (Fsp3) is 0.857. The number of carbonyl (C=O) groups excluding carboxylic acids is 1. The van der Waals surface area contributed by atoms with Crippen LogP contribution in [0.5, 0.6) is 0 Å². The molecule has 0 aromatic carbocycles. The molecular weight excluding hydrogens is 246 g/mol. The lowest BCUT2D eigenvalue weighted by atomic mass is 9.86. The number of hydrogen-bond donors (Lipinski definition) is 2. The van der Waals surface area contributed by atoms with E-state index in [0.29, 0.717) is 18.3 Å². The van der Waals surface area contributed by atoms with Crippen molar-refractivity contribution in [3.05, 3.63) is 0 Å². The molecule has 3 fully saturated rings. The number of nitrogens with zero attached hydrogens (tertiary/aromatic N) is 1. The average Bonchev–Trinajstić information content (AvgIpc) is 3.02. The van der Waals surface area contributed by atoms with Gasteiger partial charge in [-0.1, -0.05) is 6.42 Å². The molecule has 1 aliphatic heterocycles. The fourth-order valence-corrected chi connectivity index (χ4v) is 4.29. The highest BCUT2D eigenvalue weighted by Crippen LogP contribution is 2.49. The second kappa shape index (κ2) is 4.78. The number of β-amino-alcohol motifs (C(OH)–C–C–N with tert-alkyl or cyclic N) is 1. The smallest absolute Gasteiger partial charge is 0.326 e. The molecule has 2 aliphatic carbocycles. The molecule has 3 aliphatic rings. The average molecular weight is 267 g/mol. The zero-order chi connectivity index (χ0) is 13.6. The van der Waals surface area contributed by atoms with Gasteiger partial charge in [-0.2, -0.15) is 0 Å². The Bertz CT molecular complexity index is 397. The normalized spacial score (nSPS) is 40.9. The van der Waals surface area contributed by atoms with Crippen molar-refractivity contribution in [3.8, 4) is 0 Å². The third kappa shape index (κ3) is 2.36. The van der Waals surface area contributed by atoms with Crippen molar-refractivity contribution in [2.24, 2.45) is 17.8 Å². The molecule has 1 saturated heterocycles. The van der Waals surface area contributed by atoms with E-state index < -0.39 is 18.1 Å². The lowest BCUT2D eigenvalue weighted by molar-refractivity contribution is -0.148. The second-order valence-corrected chi connectivity index (χ2v) is 6.43. The van der Waals surface area contributed by atoms with E-state index in [1.165, 1.54) is 24.2 Å². The van der Waals surface area contributed by atoms with Crippen molar-refractivity contribution in [1.29, 1.82) is 0 Å². The summed E-state index contributed by atoms with van der Waals surface area (Å²) in [6.07, 6.45) is 4.86. The molecule has 5 unspecified atom stereocenters. The van der Waals surface area contributed by atoms with Gasteiger partial charge in [-0.15, -0.1) is 0 Å². The maximum absolute atomic E-state index is 12.3. The highest BCUT2D eigenvalue weighted by Gasteiger charge is 2.43. The molecule has 0 radical (unpaired) electrons. The van der Waals surface area contributed by atoms with Crippen LogP contribution < -0.4 is 0 Å². The topological polar surface area (TPSA) is 77.8 Å². The van der Waals surface area contributed by atoms with Gasteiger partial charge in [0.05, 0.1) is 6.10 Å². The van der Waals surface area contributed by atoms with Crippen LogP contribution in [-0.2, 0) is 9.59 Å². The number of carboxylic acids is 1. The van der Waals surface area contributed by atoms with Crippen LogP contribution in [0.1, 0.15) is 38.5 Å². The predicted octanol–water partition coefficient (Wildman–Crippen LogP) is 0.859. The molecule has 5 heteroatoms. The van der Waals surface area contributed by atoms with Crippen molar-refractivity contribution in [3.63, 3.8) is 0 Å². The van der Waals surface area contributed by atoms with E-state index in [-0.39, 0.29) is 18.9 Å². The molecule has 1 amide bonds. The van der Waals surface area contributed by atoms with Crippen molar-refractivity contribution in [2.45, 2.75) is 50.7 Å². The van der Waals surface area contributed by atoms with Gasteiger partial charge in [-0.3, -0.25) is 4.79 Å². The molecule has 106 valence electrons. The molecular formula is C14H21NO4. The summed E-state index contributed by atoms with van der Waals surface area (Å²) in [6.45, 7) is 0.177. The number of aliphatic hydroxyl groups excluding tert-OH is 1. The van der Waals surface area contributed by atoms with Crippen LogP contribution >= 0.6 is 0 Å². The van der Waals surface area contributed by atoms with E-state index in [1.807, 2.05) is 0 Å². The summed E-state index contributed by atoms with van der Waals surface area (Å²) in [7, 11) is 0.